The molecule has 0 spiro atoms. The van der Waals surface area contributed by atoms with Crippen LogP contribution in [0.15, 0.2) is 36.5 Å². The van der Waals surface area contributed by atoms with Gasteiger partial charge in [-0.05, 0) is 0 Å². The average molecular weight is 355 g/mol. The molecule has 9 nitrogen and oxygen atoms in total. The lowest BCUT2D eigenvalue weighted by Crippen LogP contribution is -2.77. The van der Waals surface area contributed by atoms with Gasteiger partial charge in [0.1, 0.15) is 0 Å². The van der Waals surface area contributed by atoms with Gasteiger partial charge in [0.2, 0.25) is 0 Å². The molecule has 3 aliphatic heterocycles. The molecule has 1 fully saturated rings. The van der Waals surface area contributed by atoms with Crippen molar-refractivity contribution in [3.63, 3.8) is 0 Å². The minimum Gasteiger partial charge on any atom is -0.270 e. The Hall–Kier alpha value is -3.36. The van der Waals surface area contributed by atoms with Crippen molar-refractivity contribution >= 4 is 35.4 Å². The van der Waals surface area contributed by atoms with E-state index in [2.05, 4.69) is 0 Å². The summed E-state index contributed by atoms with van der Waals surface area (Å²) >= 11 is 0. The molecular weight excluding hydrogens is 342 g/mol. The van der Waals surface area contributed by atoms with Crippen molar-refractivity contribution < 1.29 is 28.8 Å². The zero-order chi connectivity index (χ0) is 18.7. The Morgan fingerprint density at radius 2 is 0.731 bits per heavy atom. The zero-order valence-electron chi connectivity index (χ0n) is 13.6. The van der Waals surface area contributed by atoms with Gasteiger partial charge in [-0.15, -0.1) is 0 Å². The van der Waals surface area contributed by atoms with Crippen LogP contribution in [0.5, 0.6) is 0 Å². The molecule has 3 heterocycles. The first kappa shape index (κ1) is 16.1. The van der Waals surface area contributed by atoms with Crippen molar-refractivity contribution in [3.8, 4) is 0 Å². The maximum atomic E-state index is 12.2. The van der Waals surface area contributed by atoms with E-state index in [1.807, 2.05) is 0 Å². The second-order valence-corrected chi connectivity index (χ2v) is 6.47. The lowest BCUT2D eigenvalue weighted by Gasteiger charge is -2.57. The van der Waals surface area contributed by atoms with Gasteiger partial charge in [-0.1, -0.05) is 6.92 Å². The molecule has 26 heavy (non-hydrogen) atoms. The first-order valence-electron chi connectivity index (χ1n) is 7.98. The van der Waals surface area contributed by atoms with Gasteiger partial charge in [0.15, 0.2) is 0 Å². The second kappa shape index (κ2) is 5.32. The van der Waals surface area contributed by atoms with Crippen LogP contribution in [-0.4, -0.2) is 68.3 Å². The van der Waals surface area contributed by atoms with Crippen molar-refractivity contribution in [1.29, 1.82) is 0 Å². The fourth-order valence-electron chi connectivity index (χ4n) is 4.08. The smallest absolute Gasteiger partial charge is 0.254 e. The van der Waals surface area contributed by atoms with Crippen LogP contribution in [-0.2, 0) is 28.8 Å². The van der Waals surface area contributed by atoms with Crippen LogP contribution in [0.1, 0.15) is 6.92 Å². The molecule has 4 aliphatic rings. The van der Waals surface area contributed by atoms with Gasteiger partial charge in [-0.25, -0.2) is 0 Å². The Morgan fingerprint density at radius 1 is 0.500 bits per heavy atom. The third kappa shape index (κ3) is 1.97. The molecule has 0 aromatic heterocycles. The predicted octanol–water partition coefficient (Wildman–Crippen LogP) is -1.48. The number of imide groups is 3. The molecule has 0 N–H and O–H groups in total. The van der Waals surface area contributed by atoms with Gasteiger partial charge in [0.05, 0.1) is 18.1 Å². The Bertz CT molecular complexity index is 781. The number of hydrogen-bond acceptors (Lipinski definition) is 6. The quantitative estimate of drug-likeness (QED) is 0.571. The lowest BCUT2D eigenvalue weighted by molar-refractivity contribution is -0.171. The number of hydrogen-bond donors (Lipinski definition) is 0. The topological polar surface area (TPSA) is 112 Å². The van der Waals surface area contributed by atoms with Crippen molar-refractivity contribution in [1.82, 2.24) is 14.7 Å². The molecule has 6 amide bonds. The molecule has 0 bridgehead atoms. The second-order valence-electron chi connectivity index (χ2n) is 6.47. The fourth-order valence-corrected chi connectivity index (χ4v) is 4.08. The zero-order valence-corrected chi connectivity index (χ0v) is 13.6. The molecule has 0 aromatic carbocycles. The van der Waals surface area contributed by atoms with Gasteiger partial charge >= 0.3 is 0 Å². The summed E-state index contributed by atoms with van der Waals surface area (Å²) in [5, 5.41) is 0. The summed E-state index contributed by atoms with van der Waals surface area (Å²) in [5.74, 6) is -3.94. The monoisotopic (exact) mass is 355 g/mol. The Labute approximate surface area is 147 Å². The number of rotatable bonds is 3. The van der Waals surface area contributed by atoms with Crippen LogP contribution in [0.3, 0.4) is 0 Å². The molecule has 0 aromatic rings. The first-order valence-corrected chi connectivity index (χ1v) is 7.98. The van der Waals surface area contributed by atoms with Crippen LogP contribution < -0.4 is 0 Å². The molecule has 9 heteroatoms. The van der Waals surface area contributed by atoms with E-state index >= 15 is 0 Å². The fraction of sp³-hybridized carbons (Fsp3) is 0.294. The van der Waals surface area contributed by atoms with E-state index in [9.17, 15) is 28.8 Å². The highest BCUT2D eigenvalue weighted by molar-refractivity contribution is 6.16. The van der Waals surface area contributed by atoms with Gasteiger partial charge < -0.3 is 0 Å². The number of amides is 6. The van der Waals surface area contributed by atoms with Crippen LogP contribution in [0, 0.1) is 5.92 Å². The molecule has 1 aliphatic carbocycles. The van der Waals surface area contributed by atoms with Crippen molar-refractivity contribution in [2.75, 3.05) is 0 Å². The van der Waals surface area contributed by atoms with E-state index in [1.165, 1.54) is 0 Å². The maximum absolute atomic E-state index is 12.2. The van der Waals surface area contributed by atoms with Gasteiger partial charge in [-0.3, -0.25) is 43.5 Å². The van der Waals surface area contributed by atoms with Gasteiger partial charge in [0.25, 0.3) is 35.4 Å². The number of carbonyl (C=O) groups is 6. The van der Waals surface area contributed by atoms with E-state index in [-0.39, 0.29) is 0 Å². The summed E-state index contributed by atoms with van der Waals surface area (Å²) in [4.78, 5) is 75.6. The van der Waals surface area contributed by atoms with Gasteiger partial charge in [-0.2, -0.15) is 0 Å². The minimum absolute atomic E-state index is 0.498. The molecule has 4 rings (SSSR count). The number of carbonyl (C=O) groups excluding carboxylic acids is 6. The van der Waals surface area contributed by atoms with Crippen LogP contribution in [0.4, 0.5) is 0 Å². The Balaban J connectivity index is 1.74. The molecule has 0 saturated heterocycles. The molecular formula is C17H13N3O6. The molecule has 132 valence electrons. The summed E-state index contributed by atoms with van der Waals surface area (Å²) in [6.45, 7) is 1.67. The highest BCUT2D eigenvalue weighted by Crippen LogP contribution is 2.42. The van der Waals surface area contributed by atoms with E-state index in [0.29, 0.717) is 0 Å². The van der Waals surface area contributed by atoms with E-state index in [1.54, 1.807) is 6.92 Å². The highest BCUT2D eigenvalue weighted by atomic mass is 16.2. The largest absolute Gasteiger partial charge is 0.270 e. The van der Waals surface area contributed by atoms with E-state index < -0.39 is 59.5 Å². The van der Waals surface area contributed by atoms with Crippen LogP contribution in [0.2, 0.25) is 0 Å². The number of nitrogens with zero attached hydrogens (tertiary/aromatic N) is 3. The first-order chi connectivity index (χ1) is 12.3. The average Bonchev–Trinajstić information content (AvgIpc) is 3.21. The summed E-state index contributed by atoms with van der Waals surface area (Å²) < 4.78 is 0. The predicted molar refractivity (Wildman–Crippen MR) is 83.5 cm³/mol. The summed E-state index contributed by atoms with van der Waals surface area (Å²) in [7, 11) is 0. The Kier molecular flexibility index (Phi) is 3.30. The van der Waals surface area contributed by atoms with E-state index in [0.717, 1.165) is 51.2 Å². The summed E-state index contributed by atoms with van der Waals surface area (Å²) in [6, 6.07) is -2.62. The molecule has 2 atom stereocenters. The van der Waals surface area contributed by atoms with Crippen molar-refractivity contribution in [2.45, 2.75) is 25.0 Å². The summed E-state index contributed by atoms with van der Waals surface area (Å²) in [5.41, 5.74) is 0. The van der Waals surface area contributed by atoms with E-state index in [4.69, 9.17) is 0 Å². The van der Waals surface area contributed by atoms with Crippen LogP contribution >= 0.6 is 0 Å². The van der Waals surface area contributed by atoms with Crippen LogP contribution in [0.25, 0.3) is 0 Å². The SMILES string of the molecule is CC1C(N2C(=O)C=CC2=O)C(N2C(=O)C=CC2=O)C1N1C(=O)C=CC1=O. The van der Waals surface area contributed by atoms with Gasteiger partial charge in [0, 0.05) is 42.4 Å². The van der Waals surface area contributed by atoms with Crippen molar-refractivity contribution in [3.05, 3.63) is 36.5 Å². The molecule has 0 radical (unpaired) electrons. The summed E-state index contributed by atoms with van der Waals surface area (Å²) in [6.07, 6.45) is 6.60. The third-order valence-corrected chi connectivity index (χ3v) is 5.20. The lowest BCUT2D eigenvalue weighted by atomic mass is 9.68. The maximum Gasteiger partial charge on any atom is 0.254 e. The Morgan fingerprint density at radius 3 is 1.00 bits per heavy atom. The third-order valence-electron chi connectivity index (χ3n) is 5.20. The minimum atomic E-state index is -0.986. The van der Waals surface area contributed by atoms with Crippen molar-refractivity contribution in [2.24, 2.45) is 5.92 Å². The highest BCUT2D eigenvalue weighted by Gasteiger charge is 2.62. The standard InChI is InChI=1S/C17H13N3O6/c1-8-15(18-9(21)2-3-10(18)22)17(20-13(25)6-7-14(20)26)16(8)19-11(23)4-5-12(19)24/h2-8,15-17H,1H3. The molecule has 2 unspecified atom stereocenters. The molecule has 1 saturated carbocycles. The normalized spacial score (nSPS) is 33.3.